The molecule has 2 aromatic rings. The second kappa shape index (κ2) is 6.82. The van der Waals surface area contributed by atoms with Crippen LogP contribution in [0.5, 0.6) is 0 Å². The van der Waals surface area contributed by atoms with Crippen LogP contribution >= 0.6 is 0 Å². The molecule has 7 nitrogen and oxygen atoms in total. The molecule has 0 bridgehead atoms. The second-order valence-corrected chi connectivity index (χ2v) is 5.88. The van der Waals surface area contributed by atoms with Crippen molar-refractivity contribution < 1.29 is 14.1 Å². The highest BCUT2D eigenvalue weighted by Crippen LogP contribution is 2.19. The highest BCUT2D eigenvalue weighted by Gasteiger charge is 2.38. The van der Waals surface area contributed by atoms with Crippen molar-refractivity contribution in [2.75, 3.05) is 13.6 Å². The van der Waals surface area contributed by atoms with Gasteiger partial charge in [0.1, 0.15) is 12.6 Å². The molecule has 1 atom stereocenters. The third-order valence-electron chi connectivity index (χ3n) is 4.13. The van der Waals surface area contributed by atoms with E-state index in [1.807, 2.05) is 37.3 Å². The quantitative estimate of drug-likeness (QED) is 0.819. The molecule has 1 aliphatic rings. The number of carbonyl (C=O) groups excluding carboxylic acids is 2. The first kappa shape index (κ1) is 16.2. The molecule has 0 aliphatic carbocycles. The largest absolute Gasteiger partial charge is 0.337 e. The van der Waals surface area contributed by atoms with Gasteiger partial charge in [-0.05, 0) is 5.56 Å². The van der Waals surface area contributed by atoms with Crippen molar-refractivity contribution >= 4 is 11.8 Å². The van der Waals surface area contributed by atoms with Crippen molar-refractivity contribution in [3.8, 4) is 0 Å². The average molecular weight is 328 g/mol. The van der Waals surface area contributed by atoms with Gasteiger partial charge in [-0.25, -0.2) is 0 Å². The number of aromatic nitrogens is 2. The normalized spacial score (nSPS) is 18.3. The lowest BCUT2D eigenvalue weighted by molar-refractivity contribution is -0.155. The average Bonchev–Trinajstić information content (AvgIpc) is 3.04. The van der Waals surface area contributed by atoms with E-state index in [0.29, 0.717) is 24.6 Å². The summed E-state index contributed by atoms with van der Waals surface area (Å²) in [5.74, 6) is 0.760. The van der Waals surface area contributed by atoms with Gasteiger partial charge in [0.15, 0.2) is 5.82 Å². The van der Waals surface area contributed by atoms with Crippen molar-refractivity contribution in [2.24, 2.45) is 0 Å². The van der Waals surface area contributed by atoms with E-state index in [4.69, 9.17) is 4.52 Å². The minimum Gasteiger partial charge on any atom is -0.337 e. The summed E-state index contributed by atoms with van der Waals surface area (Å²) in [6.07, 6.45) is 1.12. The number of hydrogen-bond acceptors (Lipinski definition) is 5. The van der Waals surface area contributed by atoms with E-state index < -0.39 is 6.04 Å². The maximum atomic E-state index is 12.6. The summed E-state index contributed by atoms with van der Waals surface area (Å²) in [5.41, 5.74) is 1.00. The molecule has 2 heterocycles. The summed E-state index contributed by atoms with van der Waals surface area (Å²) >= 11 is 0. The summed E-state index contributed by atoms with van der Waals surface area (Å²) in [6.45, 7) is 2.15. The van der Waals surface area contributed by atoms with Crippen LogP contribution in [0.4, 0.5) is 0 Å². The zero-order chi connectivity index (χ0) is 17.1. The molecule has 126 valence electrons. The lowest BCUT2D eigenvalue weighted by Crippen LogP contribution is -2.59. The van der Waals surface area contributed by atoms with Crippen molar-refractivity contribution in [2.45, 2.75) is 32.4 Å². The molecule has 0 N–H and O–H groups in total. The van der Waals surface area contributed by atoms with Gasteiger partial charge in [0.25, 0.3) is 0 Å². The van der Waals surface area contributed by atoms with E-state index in [-0.39, 0.29) is 24.9 Å². The number of hydrogen-bond donors (Lipinski definition) is 0. The van der Waals surface area contributed by atoms with E-state index in [1.54, 1.807) is 11.9 Å². The Bertz CT molecular complexity index is 728. The lowest BCUT2D eigenvalue weighted by Gasteiger charge is -2.38. The molecule has 2 amide bonds. The molecule has 1 saturated heterocycles. The molecule has 0 radical (unpaired) electrons. The molecule has 3 rings (SSSR count). The van der Waals surface area contributed by atoms with Gasteiger partial charge in [0.2, 0.25) is 17.7 Å². The Morgan fingerprint density at radius 2 is 2.00 bits per heavy atom. The van der Waals surface area contributed by atoms with E-state index in [9.17, 15) is 9.59 Å². The molecule has 7 heteroatoms. The maximum Gasteiger partial charge on any atom is 0.246 e. The number of nitrogens with zero attached hydrogens (tertiary/aromatic N) is 4. The predicted octanol–water partition coefficient (Wildman–Crippen LogP) is 1.04. The van der Waals surface area contributed by atoms with Gasteiger partial charge in [0.05, 0.1) is 6.54 Å². The van der Waals surface area contributed by atoms with Crippen LogP contribution in [0.25, 0.3) is 0 Å². The van der Waals surface area contributed by atoms with E-state index >= 15 is 0 Å². The Labute approximate surface area is 140 Å². The predicted molar refractivity (Wildman–Crippen MR) is 85.8 cm³/mol. The summed E-state index contributed by atoms with van der Waals surface area (Å²) in [7, 11) is 1.65. The van der Waals surface area contributed by atoms with Crippen LogP contribution in [-0.4, -0.2) is 51.4 Å². The van der Waals surface area contributed by atoms with Crippen LogP contribution in [0.1, 0.15) is 24.2 Å². The van der Waals surface area contributed by atoms with Gasteiger partial charge in [0, 0.05) is 19.9 Å². The van der Waals surface area contributed by atoms with Crippen molar-refractivity contribution in [3.63, 3.8) is 0 Å². The molecule has 0 saturated carbocycles. The highest BCUT2D eigenvalue weighted by molar-refractivity contribution is 5.94. The summed E-state index contributed by atoms with van der Waals surface area (Å²) in [6, 6.07) is 9.11. The summed E-state index contributed by atoms with van der Waals surface area (Å²) < 4.78 is 5.19. The smallest absolute Gasteiger partial charge is 0.246 e. The fraction of sp³-hybridized carbons (Fsp3) is 0.412. The minimum atomic E-state index is -0.560. The molecule has 24 heavy (non-hydrogen) atoms. The van der Waals surface area contributed by atoms with Gasteiger partial charge in [-0.2, -0.15) is 4.98 Å². The molecular weight excluding hydrogens is 308 g/mol. The number of carbonyl (C=O) groups is 2. The minimum absolute atomic E-state index is 0.0683. The first-order chi connectivity index (χ1) is 11.6. The van der Waals surface area contributed by atoms with Gasteiger partial charge in [-0.1, -0.05) is 42.4 Å². The third kappa shape index (κ3) is 3.29. The Morgan fingerprint density at radius 1 is 1.25 bits per heavy atom. The Kier molecular flexibility index (Phi) is 4.59. The van der Waals surface area contributed by atoms with Gasteiger partial charge >= 0.3 is 0 Å². The molecule has 1 aromatic carbocycles. The van der Waals surface area contributed by atoms with Crippen molar-refractivity contribution in [1.82, 2.24) is 19.9 Å². The summed E-state index contributed by atoms with van der Waals surface area (Å²) in [5, 5.41) is 3.85. The topological polar surface area (TPSA) is 79.5 Å². The van der Waals surface area contributed by atoms with Crippen molar-refractivity contribution in [1.29, 1.82) is 0 Å². The van der Waals surface area contributed by atoms with Crippen LogP contribution in [0.3, 0.4) is 0 Å². The zero-order valence-electron chi connectivity index (χ0n) is 13.8. The van der Waals surface area contributed by atoms with Crippen LogP contribution in [0, 0.1) is 0 Å². The number of aryl methyl sites for hydroxylation is 1. The number of benzene rings is 1. The summed E-state index contributed by atoms with van der Waals surface area (Å²) in [4.78, 5) is 32.3. The second-order valence-electron chi connectivity index (χ2n) is 5.88. The Hall–Kier alpha value is -2.70. The van der Waals surface area contributed by atoms with Crippen LogP contribution in [-0.2, 0) is 29.0 Å². The van der Waals surface area contributed by atoms with Gasteiger partial charge in [-0.3, -0.25) is 9.59 Å². The zero-order valence-corrected chi connectivity index (χ0v) is 13.8. The first-order valence-electron chi connectivity index (χ1n) is 7.98. The fourth-order valence-corrected chi connectivity index (χ4v) is 2.81. The van der Waals surface area contributed by atoms with Crippen LogP contribution in [0.2, 0.25) is 0 Å². The van der Waals surface area contributed by atoms with E-state index in [1.165, 1.54) is 4.90 Å². The third-order valence-corrected chi connectivity index (χ3v) is 4.13. The lowest BCUT2D eigenvalue weighted by atomic mass is 10.0. The van der Waals surface area contributed by atoms with Gasteiger partial charge in [-0.15, -0.1) is 0 Å². The number of amides is 2. The number of likely N-dealkylation sites (N-methyl/N-ethyl adjacent to an activating group) is 1. The molecule has 1 aliphatic heterocycles. The fourth-order valence-electron chi connectivity index (χ4n) is 2.81. The maximum absolute atomic E-state index is 12.6. The standard InChI is InChI=1S/C17H20N4O3/c1-3-14-18-15(24-19-14)10-21-13(9-12-7-5-4-6-8-12)17(23)20(2)11-16(21)22/h4-8,13H,3,9-11H2,1-2H3/t13-/m0/s1. The highest BCUT2D eigenvalue weighted by atomic mass is 16.5. The molecule has 1 aromatic heterocycles. The Morgan fingerprint density at radius 3 is 2.67 bits per heavy atom. The monoisotopic (exact) mass is 328 g/mol. The SMILES string of the molecule is CCc1noc(CN2C(=O)CN(C)C(=O)[C@@H]2Cc2ccccc2)n1. The molecule has 1 fully saturated rings. The van der Waals surface area contributed by atoms with Crippen LogP contribution < -0.4 is 0 Å². The number of rotatable bonds is 5. The number of piperazine rings is 1. The van der Waals surface area contributed by atoms with Crippen LogP contribution in [0.15, 0.2) is 34.9 Å². The van der Waals surface area contributed by atoms with Gasteiger partial charge < -0.3 is 14.3 Å². The molecule has 0 unspecified atom stereocenters. The van der Waals surface area contributed by atoms with E-state index in [0.717, 1.165) is 5.56 Å². The molecule has 0 spiro atoms. The van der Waals surface area contributed by atoms with Crippen molar-refractivity contribution in [3.05, 3.63) is 47.6 Å². The first-order valence-corrected chi connectivity index (χ1v) is 7.98. The van der Waals surface area contributed by atoms with E-state index in [2.05, 4.69) is 10.1 Å². The Balaban J connectivity index is 1.84. The molecular formula is C17H20N4O3.